The highest BCUT2D eigenvalue weighted by atomic mass is 16.7. The van der Waals surface area contributed by atoms with Crippen molar-refractivity contribution in [2.24, 2.45) is 46.7 Å². The van der Waals surface area contributed by atoms with Crippen LogP contribution in [0, 0.1) is 52.8 Å². The first kappa shape index (κ1) is 79.6. The number of urea groups is 1. The molecule has 26 nitrogen and oxygen atoms in total. The van der Waals surface area contributed by atoms with Gasteiger partial charge in [0.25, 0.3) is 0 Å². The van der Waals surface area contributed by atoms with Gasteiger partial charge in [-0.15, -0.1) is 0 Å². The molecule has 6 aliphatic rings. The number of alkyl carbamates (subject to hydrolysis) is 1. The number of rotatable bonds is 41. The molecular formula is C78H101N7O19. The Morgan fingerprint density at radius 3 is 2.18 bits per heavy atom. The lowest BCUT2D eigenvalue weighted by molar-refractivity contribution is -0.175. The van der Waals surface area contributed by atoms with Crippen molar-refractivity contribution in [3.05, 3.63) is 119 Å². The molecule has 8 N–H and O–H groups in total. The van der Waals surface area contributed by atoms with Gasteiger partial charge in [0.2, 0.25) is 23.6 Å². The van der Waals surface area contributed by atoms with E-state index in [0.717, 1.165) is 41.5 Å². The van der Waals surface area contributed by atoms with Crippen LogP contribution in [-0.4, -0.2) is 180 Å². The number of nitrogens with one attached hydrogen (secondary N) is 5. The molecule has 26 heteroatoms. The molecule has 3 aromatic rings. The van der Waals surface area contributed by atoms with Crippen molar-refractivity contribution < 1.29 is 90.9 Å². The van der Waals surface area contributed by atoms with Gasteiger partial charge in [0, 0.05) is 85.2 Å². The van der Waals surface area contributed by atoms with Crippen LogP contribution in [0.15, 0.2) is 96.6 Å². The van der Waals surface area contributed by atoms with Crippen molar-refractivity contribution >= 4 is 70.3 Å². The Labute approximate surface area is 607 Å². The fraction of sp³-hybridized carbons (Fsp3) is 0.564. The summed E-state index contributed by atoms with van der Waals surface area (Å²) >= 11 is 0. The zero-order chi connectivity index (χ0) is 74.2. The molecule has 4 aliphatic carbocycles. The minimum Gasteiger partial charge on any atom is -0.445 e. The molecule has 9 rings (SSSR count). The number of hydrogen-bond donors (Lipinski definition) is 7. The monoisotopic (exact) mass is 1440 g/mol. The Kier molecular flexibility index (Phi) is 29.9. The molecule has 0 aromatic heterocycles. The van der Waals surface area contributed by atoms with E-state index in [1.54, 1.807) is 55.2 Å². The molecule has 562 valence electrons. The van der Waals surface area contributed by atoms with Crippen LogP contribution >= 0.6 is 0 Å². The predicted octanol–water partition coefficient (Wildman–Crippen LogP) is 6.64. The van der Waals surface area contributed by atoms with Crippen LogP contribution in [0.2, 0.25) is 0 Å². The number of carbonyl (C=O) groups excluding carboxylic acids is 10. The van der Waals surface area contributed by atoms with E-state index in [9.17, 15) is 53.1 Å². The summed E-state index contributed by atoms with van der Waals surface area (Å²) in [4.78, 5) is 132. The number of anilines is 2. The van der Waals surface area contributed by atoms with Crippen LogP contribution in [0.5, 0.6) is 0 Å². The van der Waals surface area contributed by atoms with Gasteiger partial charge in [0.05, 0.1) is 96.5 Å². The van der Waals surface area contributed by atoms with Crippen molar-refractivity contribution in [1.29, 1.82) is 0 Å². The molecule has 2 aliphatic heterocycles. The number of hydrogen-bond acceptors (Lipinski definition) is 19. The first-order chi connectivity index (χ1) is 50.2. The SMILES string of the molecule is CCCC1O[C@@H]2C[C@@H]3C(C[C@H](O)[C@H]4[C@H]3CCC3=CC(=O)C=C[C@@]34C)[C@]2(C(=O)COCCC(=O)CNC(=O)OCc2ccc(NC(=O)[C@H](CCCNC(N)=O)CC(=O)[C@@H](NC(=O)CCOCCOCCOCCOCCNC(=O)CCC(=O)N3Cc4ccccc4C#Cc4ccccc43)C(C)C)cc2)O1. The number of para-hydroxylation sites is 1. The standard InChI is InChI=1S/C78H101N7O19/c1-5-11-71-103-67-44-61-60-24-21-56-43-58(86)27-30-77(56,4)72(60)64(88)45-62(61)78(67,104-71)66(90)49-101-33-28-59(87)46-82-76(96)102-48-51-17-22-57(23-18-51)83-74(94)54(15-10-31-81-75(79)95)42-65(89)73(50(2)3)84-69(92)29-34-97-36-38-99-40-41-100-39-37-98-35-32-80-68(91)25-26-70(93)85-47-55-14-7-6-12-52(55)19-20-53-13-8-9-16-63(53)85/h6-9,12-14,16-18,22-23,27,30,43,50,54,60-62,64,67,71-73,88H,5,10-11,15,21,24-26,28-29,31-42,44-49H2,1-4H3,(H,80,91)(H,82,96)(H,83,94)(H,84,92)(H3,79,81,95)/t54-,60+,61+,62?,64+,67-,71?,72-,73+,77+,78-/m1/s1. The van der Waals surface area contributed by atoms with Gasteiger partial charge in [-0.25, -0.2) is 9.59 Å². The van der Waals surface area contributed by atoms with Crippen molar-refractivity contribution in [3.63, 3.8) is 0 Å². The normalized spacial score (nSPS) is 23.1. The number of ether oxygens (including phenoxy) is 8. The highest BCUT2D eigenvalue weighted by Crippen LogP contribution is 2.65. The minimum atomic E-state index is -1.30. The molecule has 3 saturated carbocycles. The van der Waals surface area contributed by atoms with Crippen molar-refractivity contribution in [2.45, 2.75) is 154 Å². The molecule has 7 amide bonds. The number of aliphatic hydroxyl groups excluding tert-OH is 1. The number of carbonyl (C=O) groups is 10. The van der Waals surface area contributed by atoms with Crippen LogP contribution in [0.25, 0.3) is 0 Å². The van der Waals surface area contributed by atoms with Gasteiger partial charge >= 0.3 is 12.1 Å². The summed E-state index contributed by atoms with van der Waals surface area (Å²) in [6.07, 6.45) is 6.71. The highest BCUT2D eigenvalue weighted by molar-refractivity contribution is 6.01. The fourth-order valence-electron chi connectivity index (χ4n) is 15.3. The largest absolute Gasteiger partial charge is 0.445 e. The number of nitrogens with zero attached hydrogens (tertiary/aromatic N) is 1. The minimum absolute atomic E-state index is 0.0296. The van der Waals surface area contributed by atoms with E-state index in [-0.39, 0.29) is 169 Å². The average Bonchev–Trinajstić information content (AvgIpc) is 1.51. The first-order valence-corrected chi connectivity index (χ1v) is 36.5. The van der Waals surface area contributed by atoms with Crippen LogP contribution in [0.3, 0.4) is 0 Å². The van der Waals surface area contributed by atoms with E-state index < -0.39 is 65.4 Å². The van der Waals surface area contributed by atoms with E-state index >= 15 is 0 Å². The van der Waals surface area contributed by atoms with Gasteiger partial charge in [0.15, 0.2) is 35.0 Å². The molecule has 0 spiro atoms. The lowest BCUT2D eigenvalue weighted by Crippen LogP contribution is -2.58. The number of allylic oxidation sites excluding steroid dienone is 4. The Morgan fingerprint density at radius 2 is 1.45 bits per heavy atom. The Balaban J connectivity index is 0.607. The molecule has 11 atom stereocenters. The molecule has 2 heterocycles. The van der Waals surface area contributed by atoms with E-state index in [0.29, 0.717) is 75.6 Å². The van der Waals surface area contributed by atoms with Gasteiger partial charge in [-0.3, -0.25) is 38.4 Å². The van der Waals surface area contributed by atoms with Crippen molar-refractivity contribution in [2.75, 3.05) is 95.9 Å². The summed E-state index contributed by atoms with van der Waals surface area (Å²) in [6.45, 7) is 9.55. The van der Waals surface area contributed by atoms with Gasteiger partial charge in [-0.05, 0) is 116 Å². The number of amides is 7. The van der Waals surface area contributed by atoms with E-state index in [1.165, 1.54) is 0 Å². The smallest absolute Gasteiger partial charge is 0.407 e. The molecule has 104 heavy (non-hydrogen) atoms. The maximum absolute atomic E-state index is 14.4. The fourth-order valence-corrected chi connectivity index (χ4v) is 15.3. The second-order valence-corrected chi connectivity index (χ2v) is 27.9. The molecule has 4 fully saturated rings. The molecular weight excluding hydrogens is 1340 g/mol. The van der Waals surface area contributed by atoms with Crippen LogP contribution in [0.1, 0.15) is 133 Å². The van der Waals surface area contributed by atoms with Crippen LogP contribution < -0.4 is 37.2 Å². The van der Waals surface area contributed by atoms with Gasteiger partial charge < -0.3 is 80.2 Å². The summed E-state index contributed by atoms with van der Waals surface area (Å²) in [5.41, 5.74) is 8.76. The van der Waals surface area contributed by atoms with E-state index in [1.807, 2.05) is 61.5 Å². The molecule has 1 saturated heterocycles. The summed E-state index contributed by atoms with van der Waals surface area (Å²) in [5.74, 6) is 2.59. The number of benzene rings is 3. The molecule has 2 unspecified atom stereocenters. The lowest BCUT2D eigenvalue weighted by atomic mass is 9.49. The zero-order valence-electron chi connectivity index (χ0n) is 60.1. The lowest BCUT2D eigenvalue weighted by Gasteiger charge is -2.56. The topological polar surface area (TPSA) is 354 Å². The third-order valence-electron chi connectivity index (χ3n) is 20.5. The van der Waals surface area contributed by atoms with Gasteiger partial charge in [-0.1, -0.05) is 100 Å². The van der Waals surface area contributed by atoms with Gasteiger partial charge in [-0.2, -0.15) is 0 Å². The Morgan fingerprint density at radius 1 is 0.760 bits per heavy atom. The number of primary amides is 1. The number of fused-ring (bicyclic) bond motifs is 9. The van der Waals surface area contributed by atoms with Crippen molar-refractivity contribution in [1.82, 2.24) is 21.3 Å². The Bertz CT molecular complexity index is 3640. The van der Waals surface area contributed by atoms with Crippen LogP contribution in [0.4, 0.5) is 21.0 Å². The van der Waals surface area contributed by atoms with Crippen LogP contribution in [-0.2, 0) is 89.4 Å². The second kappa shape index (κ2) is 39.0. The number of ketones is 4. The first-order valence-electron chi connectivity index (χ1n) is 36.5. The Hall–Kier alpha value is -8.52. The van der Waals surface area contributed by atoms with Crippen molar-refractivity contribution in [3.8, 4) is 11.8 Å². The third kappa shape index (κ3) is 21.6. The summed E-state index contributed by atoms with van der Waals surface area (Å²) in [7, 11) is 0. The molecule has 0 bridgehead atoms. The summed E-state index contributed by atoms with van der Waals surface area (Å²) in [5, 5.41) is 25.3. The second-order valence-electron chi connectivity index (χ2n) is 27.9. The summed E-state index contributed by atoms with van der Waals surface area (Å²) in [6, 6.07) is 20.0. The zero-order valence-corrected chi connectivity index (χ0v) is 60.1. The quantitative estimate of drug-likeness (QED) is 0.0231. The van der Waals surface area contributed by atoms with E-state index in [4.69, 9.17) is 43.6 Å². The average molecular weight is 1440 g/mol. The van der Waals surface area contributed by atoms with Gasteiger partial charge in [0.1, 0.15) is 13.2 Å². The molecule has 3 aromatic carbocycles. The van der Waals surface area contributed by atoms with E-state index in [2.05, 4.69) is 45.3 Å². The third-order valence-corrected chi connectivity index (χ3v) is 20.5. The number of Topliss-reactive ketones (excluding diaryl/α,β-unsaturated/α-hetero) is 3. The summed E-state index contributed by atoms with van der Waals surface area (Å²) < 4.78 is 46.6. The highest BCUT2D eigenvalue weighted by Gasteiger charge is 2.70. The maximum atomic E-state index is 14.4. The molecule has 0 radical (unpaired) electrons. The maximum Gasteiger partial charge on any atom is 0.407 e. The number of aliphatic hydroxyl groups is 1. The predicted molar refractivity (Wildman–Crippen MR) is 382 cm³/mol. The number of nitrogens with two attached hydrogens (primary N) is 1.